The molecule has 132 valence electrons. The van der Waals surface area contributed by atoms with Gasteiger partial charge in [-0.25, -0.2) is 0 Å². The van der Waals surface area contributed by atoms with Crippen LogP contribution in [0.25, 0.3) is 10.9 Å². The molecule has 0 aliphatic rings. The molecule has 0 atom stereocenters. The van der Waals surface area contributed by atoms with Crippen LogP contribution in [0.4, 0.5) is 0 Å². The van der Waals surface area contributed by atoms with Gasteiger partial charge < -0.3 is 20.1 Å². The maximum atomic E-state index is 4.68. The van der Waals surface area contributed by atoms with Gasteiger partial charge in [0, 0.05) is 44.4 Å². The normalized spacial score (nSPS) is 12.1. The van der Waals surface area contributed by atoms with Crippen LogP contribution in [0, 0.1) is 0 Å². The van der Waals surface area contributed by atoms with Gasteiger partial charge in [0.15, 0.2) is 5.96 Å². The highest BCUT2D eigenvalue weighted by molar-refractivity contribution is 5.80. The van der Waals surface area contributed by atoms with Crippen molar-refractivity contribution in [1.29, 1.82) is 0 Å². The van der Waals surface area contributed by atoms with Crippen LogP contribution < -0.4 is 10.6 Å². The lowest BCUT2D eigenvalue weighted by molar-refractivity contribution is 0.357. The second kappa shape index (κ2) is 9.98. The van der Waals surface area contributed by atoms with Crippen molar-refractivity contribution in [3.63, 3.8) is 0 Å². The summed E-state index contributed by atoms with van der Waals surface area (Å²) in [6, 6.07) is 10.7. The summed E-state index contributed by atoms with van der Waals surface area (Å²) in [5.74, 6) is 0.916. The Morgan fingerprint density at radius 1 is 1.17 bits per heavy atom. The van der Waals surface area contributed by atoms with Crippen molar-refractivity contribution in [3.05, 3.63) is 36.5 Å². The molecule has 24 heavy (non-hydrogen) atoms. The molecule has 0 saturated heterocycles. The van der Waals surface area contributed by atoms with E-state index in [0.717, 1.165) is 51.6 Å². The van der Waals surface area contributed by atoms with Crippen molar-refractivity contribution in [1.82, 2.24) is 20.1 Å². The Kier molecular flexibility index (Phi) is 7.62. The van der Waals surface area contributed by atoms with Gasteiger partial charge in [-0.2, -0.15) is 0 Å². The molecule has 5 nitrogen and oxygen atoms in total. The van der Waals surface area contributed by atoms with E-state index >= 15 is 0 Å². The number of fused-ring (bicyclic) bond motifs is 1. The lowest BCUT2D eigenvalue weighted by atomic mass is 10.2. The fourth-order valence-electron chi connectivity index (χ4n) is 2.63. The summed E-state index contributed by atoms with van der Waals surface area (Å²) >= 11 is 0. The number of nitrogens with zero attached hydrogens (tertiary/aromatic N) is 3. The molecular formula is C19H31N5. The largest absolute Gasteiger partial charge is 0.357 e. The van der Waals surface area contributed by atoms with Gasteiger partial charge in [0.1, 0.15) is 0 Å². The summed E-state index contributed by atoms with van der Waals surface area (Å²) in [7, 11) is 2.13. The van der Waals surface area contributed by atoms with Gasteiger partial charge in [-0.15, -0.1) is 0 Å². The van der Waals surface area contributed by atoms with E-state index in [-0.39, 0.29) is 0 Å². The molecule has 0 saturated carbocycles. The van der Waals surface area contributed by atoms with Gasteiger partial charge in [0.25, 0.3) is 0 Å². The third kappa shape index (κ3) is 5.57. The number of benzene rings is 1. The fourth-order valence-corrected chi connectivity index (χ4v) is 2.63. The van der Waals surface area contributed by atoms with Crippen molar-refractivity contribution in [2.24, 2.45) is 4.99 Å². The molecule has 5 heteroatoms. The summed E-state index contributed by atoms with van der Waals surface area (Å²) in [5, 5.41) is 8.01. The van der Waals surface area contributed by atoms with Crippen LogP contribution in [0.15, 0.2) is 41.5 Å². The van der Waals surface area contributed by atoms with E-state index in [1.54, 1.807) is 0 Å². The molecule has 0 aliphatic carbocycles. The second-order valence-corrected chi connectivity index (χ2v) is 6.00. The maximum absolute atomic E-state index is 4.68. The molecule has 2 aromatic rings. The average molecular weight is 329 g/mol. The molecule has 0 aliphatic heterocycles. The zero-order valence-corrected chi connectivity index (χ0v) is 15.3. The molecule has 1 aromatic heterocycles. The fraction of sp³-hybridized carbons (Fsp3) is 0.526. The van der Waals surface area contributed by atoms with Crippen LogP contribution in [0.5, 0.6) is 0 Å². The highest BCUT2D eigenvalue weighted by atomic mass is 15.2. The minimum Gasteiger partial charge on any atom is -0.357 e. The number of para-hydroxylation sites is 1. The second-order valence-electron chi connectivity index (χ2n) is 6.00. The number of hydrogen-bond acceptors (Lipinski definition) is 2. The zero-order valence-electron chi connectivity index (χ0n) is 15.3. The molecule has 0 bridgehead atoms. The van der Waals surface area contributed by atoms with Crippen molar-refractivity contribution >= 4 is 16.9 Å². The van der Waals surface area contributed by atoms with Crippen molar-refractivity contribution in [2.75, 3.05) is 39.8 Å². The minimum absolute atomic E-state index is 0.825. The lowest BCUT2D eigenvalue weighted by Crippen LogP contribution is -2.41. The van der Waals surface area contributed by atoms with Crippen LogP contribution in [0.3, 0.4) is 0 Å². The van der Waals surface area contributed by atoms with Crippen LogP contribution in [0.1, 0.15) is 20.3 Å². The first-order valence-corrected chi connectivity index (χ1v) is 8.99. The predicted molar refractivity (Wildman–Crippen MR) is 104 cm³/mol. The highest BCUT2D eigenvalue weighted by Gasteiger charge is 2.01. The molecule has 0 fully saturated rings. The first kappa shape index (κ1) is 18.3. The van der Waals surface area contributed by atoms with E-state index in [1.165, 1.54) is 10.9 Å². The number of hydrogen-bond donors (Lipinski definition) is 2. The number of aromatic nitrogens is 1. The third-order valence-electron chi connectivity index (χ3n) is 4.18. The van der Waals surface area contributed by atoms with Crippen molar-refractivity contribution in [2.45, 2.75) is 26.8 Å². The van der Waals surface area contributed by atoms with E-state index in [4.69, 9.17) is 0 Å². The van der Waals surface area contributed by atoms with E-state index in [1.807, 2.05) is 0 Å². The van der Waals surface area contributed by atoms with Crippen LogP contribution in [-0.4, -0.2) is 55.2 Å². The monoisotopic (exact) mass is 329 g/mol. The summed E-state index contributed by atoms with van der Waals surface area (Å²) in [4.78, 5) is 6.96. The van der Waals surface area contributed by atoms with Gasteiger partial charge in [0.05, 0.1) is 0 Å². The Labute approximate surface area is 145 Å². The molecule has 0 amide bonds. The molecule has 0 unspecified atom stereocenters. The van der Waals surface area contributed by atoms with Gasteiger partial charge in [-0.3, -0.25) is 4.99 Å². The van der Waals surface area contributed by atoms with Crippen molar-refractivity contribution < 1.29 is 0 Å². The van der Waals surface area contributed by atoms with E-state index in [2.05, 4.69) is 82.5 Å². The number of rotatable bonds is 9. The van der Waals surface area contributed by atoms with Gasteiger partial charge >= 0.3 is 0 Å². The highest BCUT2D eigenvalue weighted by Crippen LogP contribution is 2.15. The summed E-state index contributed by atoms with van der Waals surface area (Å²) < 4.78 is 2.31. The van der Waals surface area contributed by atoms with E-state index in [0.29, 0.717) is 0 Å². The number of guanidine groups is 1. The average Bonchev–Trinajstić information content (AvgIpc) is 3.01. The van der Waals surface area contributed by atoms with Crippen molar-refractivity contribution in [3.8, 4) is 0 Å². The zero-order chi connectivity index (χ0) is 17.2. The Morgan fingerprint density at radius 2 is 2.00 bits per heavy atom. The van der Waals surface area contributed by atoms with Crippen LogP contribution in [-0.2, 0) is 6.54 Å². The molecule has 1 aromatic carbocycles. The molecule has 0 spiro atoms. The Bertz CT molecular complexity index is 631. The molecule has 2 N–H and O–H groups in total. The first-order valence-electron chi connectivity index (χ1n) is 8.99. The quantitative estimate of drug-likeness (QED) is 0.422. The Balaban J connectivity index is 1.79. The molecular weight excluding hydrogens is 298 g/mol. The van der Waals surface area contributed by atoms with Gasteiger partial charge in [0.2, 0.25) is 0 Å². The summed E-state index contributed by atoms with van der Waals surface area (Å²) in [5.41, 5.74) is 1.30. The number of nitrogens with one attached hydrogen (secondary N) is 2. The van der Waals surface area contributed by atoms with Gasteiger partial charge in [-0.1, -0.05) is 25.1 Å². The number of aryl methyl sites for hydroxylation is 1. The molecule has 1 heterocycles. The summed E-state index contributed by atoms with van der Waals surface area (Å²) in [6.45, 7) is 9.98. The SMILES string of the molecule is CCNC(=NCCCn1ccc2ccccc21)NCCN(C)CC. The third-order valence-corrected chi connectivity index (χ3v) is 4.18. The van der Waals surface area contributed by atoms with Crippen LogP contribution >= 0.6 is 0 Å². The predicted octanol–water partition coefficient (Wildman–Crippen LogP) is 2.54. The topological polar surface area (TPSA) is 44.6 Å². The molecule has 2 rings (SSSR count). The van der Waals surface area contributed by atoms with Gasteiger partial charge in [-0.05, 0) is 44.5 Å². The lowest BCUT2D eigenvalue weighted by Gasteiger charge is -2.16. The standard InChI is InChI=1S/C19H31N5/c1-4-20-19(22-13-16-23(3)5-2)21-12-8-14-24-15-11-17-9-6-7-10-18(17)24/h6-7,9-11,15H,4-5,8,12-14,16H2,1-3H3,(H2,20,21,22). The van der Waals surface area contributed by atoms with E-state index < -0.39 is 0 Å². The Morgan fingerprint density at radius 3 is 2.79 bits per heavy atom. The number of aliphatic imine (C=N–C) groups is 1. The minimum atomic E-state index is 0.825. The Hall–Kier alpha value is -2.01. The first-order chi connectivity index (χ1) is 11.7. The molecule has 0 radical (unpaired) electrons. The summed E-state index contributed by atoms with van der Waals surface area (Å²) in [6.07, 6.45) is 3.20. The maximum Gasteiger partial charge on any atom is 0.191 e. The van der Waals surface area contributed by atoms with Crippen LogP contribution in [0.2, 0.25) is 0 Å². The van der Waals surface area contributed by atoms with E-state index in [9.17, 15) is 0 Å². The number of likely N-dealkylation sites (N-methyl/N-ethyl adjacent to an activating group) is 1. The smallest absolute Gasteiger partial charge is 0.191 e.